The Morgan fingerprint density at radius 2 is 0.510 bits per heavy atom. The van der Waals surface area contributed by atoms with Crippen LogP contribution in [0.3, 0.4) is 0 Å². The lowest BCUT2D eigenvalue weighted by Gasteiger charge is -2.21. The SMILES string of the molecule is CC/C=C\C/C=C\C/C=C\C/C=C\CCCCCCC(=O)OCC(COP(=O)(O)OCC(O)COP(=O)(O)OCC(COC(=O)CCCCCC/C=C\C/C=C\C/C=C\C/C=C\CC)OC(=O)CCCCCCC/C=C\C/C=C\CCC)OC(=O)CCCC/C=C\C/C=C\C/C=C\C/C=C\CC. The van der Waals surface area contributed by atoms with Gasteiger partial charge in [0.15, 0.2) is 12.2 Å². The molecule has 0 aliphatic heterocycles. The number of phosphoric acid groups is 2. The van der Waals surface area contributed by atoms with Crippen molar-refractivity contribution >= 4 is 39.5 Å². The fourth-order valence-electron chi connectivity index (χ4n) is 9.41. The Morgan fingerprint density at radius 3 is 0.804 bits per heavy atom. The van der Waals surface area contributed by atoms with E-state index >= 15 is 0 Å². The molecule has 0 fully saturated rings. The maximum atomic E-state index is 13.1. The molecule has 0 heterocycles. The van der Waals surface area contributed by atoms with E-state index in [1.165, 1.54) is 0 Å². The molecule has 102 heavy (non-hydrogen) atoms. The number of hydrogen-bond acceptors (Lipinski definition) is 15. The van der Waals surface area contributed by atoms with Crippen LogP contribution >= 0.6 is 15.6 Å². The molecule has 0 amide bonds. The van der Waals surface area contributed by atoms with Crippen LogP contribution in [0.15, 0.2) is 170 Å². The Morgan fingerprint density at radius 1 is 0.284 bits per heavy atom. The first kappa shape index (κ1) is 96.4. The number of aliphatic hydroxyl groups excluding tert-OH is 1. The summed E-state index contributed by atoms with van der Waals surface area (Å²) < 4.78 is 68.4. The molecule has 0 aromatic rings. The number of rotatable bonds is 70. The predicted molar refractivity (Wildman–Crippen MR) is 417 cm³/mol. The van der Waals surface area contributed by atoms with Gasteiger partial charge in [-0.25, -0.2) is 9.13 Å². The van der Waals surface area contributed by atoms with Crippen molar-refractivity contribution in [3.05, 3.63) is 170 Å². The van der Waals surface area contributed by atoms with Crippen LogP contribution in [0.1, 0.15) is 272 Å². The second-order valence-corrected chi connectivity index (χ2v) is 27.7. The molecular formula is C83H134O17P2. The number of ether oxygens (including phenoxy) is 4. The zero-order valence-corrected chi connectivity index (χ0v) is 64.8. The Labute approximate surface area is 616 Å². The highest BCUT2D eigenvalue weighted by atomic mass is 31.2. The third-order valence-corrected chi connectivity index (χ3v) is 17.0. The predicted octanol–water partition coefficient (Wildman–Crippen LogP) is 22.2. The van der Waals surface area contributed by atoms with Gasteiger partial charge < -0.3 is 33.8 Å². The molecule has 578 valence electrons. The van der Waals surface area contributed by atoms with E-state index in [-0.39, 0.29) is 25.7 Å². The average molecular weight is 1470 g/mol. The van der Waals surface area contributed by atoms with Crippen LogP contribution in [-0.2, 0) is 65.4 Å². The number of aliphatic hydroxyl groups is 1. The molecule has 5 unspecified atom stereocenters. The molecule has 0 aromatic carbocycles. The van der Waals surface area contributed by atoms with Gasteiger partial charge in [-0.1, -0.05) is 249 Å². The molecule has 0 aromatic heterocycles. The summed E-state index contributed by atoms with van der Waals surface area (Å²) in [6, 6.07) is 0. The lowest BCUT2D eigenvalue weighted by atomic mass is 10.1. The number of carbonyl (C=O) groups is 4. The molecule has 0 radical (unpaired) electrons. The monoisotopic (exact) mass is 1460 g/mol. The average Bonchev–Trinajstić information content (AvgIpc) is 0.939. The Bertz CT molecular complexity index is 2600. The molecule has 5 atom stereocenters. The molecule has 17 nitrogen and oxygen atoms in total. The van der Waals surface area contributed by atoms with E-state index in [1.54, 1.807) is 0 Å². The highest BCUT2D eigenvalue weighted by Crippen LogP contribution is 2.45. The van der Waals surface area contributed by atoms with Crippen molar-refractivity contribution in [2.24, 2.45) is 0 Å². The number of allylic oxidation sites excluding steroid dienone is 28. The van der Waals surface area contributed by atoms with E-state index in [2.05, 4.69) is 198 Å². The van der Waals surface area contributed by atoms with Gasteiger partial charge in [-0.3, -0.25) is 37.3 Å². The van der Waals surface area contributed by atoms with Crippen molar-refractivity contribution in [1.82, 2.24) is 0 Å². The molecule has 0 rings (SSSR count). The van der Waals surface area contributed by atoms with Crippen molar-refractivity contribution in [3.63, 3.8) is 0 Å². The van der Waals surface area contributed by atoms with Crippen molar-refractivity contribution in [1.29, 1.82) is 0 Å². The van der Waals surface area contributed by atoms with E-state index in [1.807, 2.05) is 0 Å². The van der Waals surface area contributed by atoms with E-state index in [0.29, 0.717) is 32.1 Å². The molecule has 19 heteroatoms. The van der Waals surface area contributed by atoms with Gasteiger partial charge in [-0.05, 0) is 167 Å². The Balaban J connectivity index is 5.45. The first-order chi connectivity index (χ1) is 49.7. The van der Waals surface area contributed by atoms with Gasteiger partial charge >= 0.3 is 39.5 Å². The maximum Gasteiger partial charge on any atom is 0.472 e. The summed E-state index contributed by atoms with van der Waals surface area (Å²) >= 11 is 0. The van der Waals surface area contributed by atoms with Crippen LogP contribution in [0.2, 0.25) is 0 Å². The van der Waals surface area contributed by atoms with Crippen molar-refractivity contribution in [3.8, 4) is 0 Å². The molecular weight excluding hydrogens is 1330 g/mol. The van der Waals surface area contributed by atoms with Crippen LogP contribution in [0.5, 0.6) is 0 Å². The smallest absolute Gasteiger partial charge is 0.462 e. The first-order valence-corrected chi connectivity index (χ1v) is 41.4. The fraction of sp³-hybridized carbons (Fsp3) is 0.614. The van der Waals surface area contributed by atoms with Gasteiger partial charge in [-0.2, -0.15) is 0 Å². The summed E-state index contributed by atoms with van der Waals surface area (Å²) in [5.41, 5.74) is 0. The Hall–Kier alpha value is -5.58. The van der Waals surface area contributed by atoms with Gasteiger partial charge in [0.25, 0.3) is 0 Å². The minimum atomic E-state index is -5.00. The van der Waals surface area contributed by atoms with Crippen molar-refractivity contribution < 1.29 is 80.2 Å². The fourth-order valence-corrected chi connectivity index (χ4v) is 11.0. The van der Waals surface area contributed by atoms with Crippen LogP contribution in [-0.4, -0.2) is 96.7 Å². The molecule has 0 bridgehead atoms. The lowest BCUT2D eigenvalue weighted by Crippen LogP contribution is -2.30. The van der Waals surface area contributed by atoms with E-state index in [9.17, 15) is 43.2 Å². The summed E-state index contributed by atoms with van der Waals surface area (Å²) in [5.74, 6) is -2.31. The lowest BCUT2D eigenvalue weighted by molar-refractivity contribution is -0.161. The van der Waals surface area contributed by atoms with Gasteiger partial charge in [0, 0.05) is 25.7 Å². The second-order valence-electron chi connectivity index (χ2n) is 24.8. The highest BCUT2D eigenvalue weighted by Gasteiger charge is 2.30. The van der Waals surface area contributed by atoms with Gasteiger partial charge in [0.2, 0.25) is 0 Å². The first-order valence-electron chi connectivity index (χ1n) is 38.4. The Kier molecular flexibility index (Phi) is 69.7. The topological polar surface area (TPSA) is 237 Å². The summed E-state index contributed by atoms with van der Waals surface area (Å²) in [4.78, 5) is 72.9. The molecule has 0 aliphatic rings. The largest absolute Gasteiger partial charge is 0.472 e. The summed E-state index contributed by atoms with van der Waals surface area (Å²) in [6.07, 6.45) is 86.3. The number of hydrogen-bond donors (Lipinski definition) is 3. The number of unbranched alkanes of at least 4 members (excludes halogenated alkanes) is 16. The van der Waals surface area contributed by atoms with Crippen LogP contribution < -0.4 is 0 Å². The zero-order chi connectivity index (χ0) is 74.6. The normalized spacial score (nSPS) is 14.9. The molecule has 0 aliphatic carbocycles. The maximum absolute atomic E-state index is 13.1. The standard InChI is InChI=1S/C83H134O17P2/c1-5-9-13-17-21-25-29-33-36-38-41-44-47-51-55-59-63-67-80(85)93-73-78(99-82(87)69-65-61-57-53-49-43-32-28-24-20-16-12-8-4)75-97-101(89,90)95-71-77(84)72-96-102(91,92)98-76-79(100-83(88)70-66-62-58-54-50-46-40-35-31-27-23-19-15-11-7-3)74-94-81(86)68-64-60-56-52-48-45-42-39-37-34-30-26-22-18-14-10-6-2/h9-11,13-16,20-23,25-28,32-37,40-42,44-45,50,54,77-79,84H,5-8,12,17-19,24,29-31,38-39,43,46-49,51-53,55-76H2,1-4H3,(H,89,90)(H,91,92)/b13-9-,14-10-,15-11-,20-16-,25-21-,26-22-,27-23-,32-28-,36-33-,37-34-,40-35-,44-41-,45-42-,54-50-. The van der Waals surface area contributed by atoms with Gasteiger partial charge in [0.1, 0.15) is 19.3 Å². The van der Waals surface area contributed by atoms with Crippen LogP contribution in [0.25, 0.3) is 0 Å². The van der Waals surface area contributed by atoms with Crippen LogP contribution in [0.4, 0.5) is 0 Å². The minimum Gasteiger partial charge on any atom is -0.462 e. The summed E-state index contributed by atoms with van der Waals surface area (Å²) in [6.45, 7) is 4.32. The zero-order valence-electron chi connectivity index (χ0n) is 63.0. The minimum absolute atomic E-state index is 0.0300. The van der Waals surface area contributed by atoms with Crippen molar-refractivity contribution in [2.75, 3.05) is 39.6 Å². The number of phosphoric ester groups is 2. The van der Waals surface area contributed by atoms with E-state index in [0.717, 1.165) is 186 Å². The second kappa shape index (κ2) is 73.7. The third-order valence-electron chi connectivity index (χ3n) is 15.1. The van der Waals surface area contributed by atoms with E-state index in [4.69, 9.17) is 37.0 Å². The quantitative estimate of drug-likeness (QED) is 0.0169. The van der Waals surface area contributed by atoms with Gasteiger partial charge in [0.05, 0.1) is 26.4 Å². The molecule has 3 N–H and O–H groups in total. The summed E-state index contributed by atoms with van der Waals surface area (Å²) in [7, 11) is -10.00. The molecule has 0 saturated carbocycles. The number of carbonyl (C=O) groups excluding carboxylic acids is 4. The van der Waals surface area contributed by atoms with E-state index < -0.39 is 97.5 Å². The third kappa shape index (κ3) is 72.8. The summed E-state index contributed by atoms with van der Waals surface area (Å²) in [5, 5.41) is 10.6. The van der Waals surface area contributed by atoms with Crippen LogP contribution in [0, 0.1) is 0 Å². The van der Waals surface area contributed by atoms with Gasteiger partial charge in [-0.15, -0.1) is 0 Å². The highest BCUT2D eigenvalue weighted by molar-refractivity contribution is 7.47. The number of esters is 4. The molecule has 0 spiro atoms. The molecule has 0 saturated heterocycles. The van der Waals surface area contributed by atoms with Crippen molar-refractivity contribution in [2.45, 2.75) is 290 Å².